The topological polar surface area (TPSA) is 70.6 Å². The minimum Gasteiger partial charge on any atom is -0.337 e. The Kier molecular flexibility index (Phi) is 5.81. The van der Waals surface area contributed by atoms with Crippen molar-refractivity contribution in [3.8, 4) is 11.1 Å². The molecule has 0 bridgehead atoms. The van der Waals surface area contributed by atoms with E-state index in [-0.39, 0.29) is 42.6 Å². The Bertz CT molecular complexity index is 1210. The molecule has 5 rings (SSSR count). The van der Waals surface area contributed by atoms with Gasteiger partial charge in [0, 0.05) is 37.5 Å². The maximum absolute atomic E-state index is 13.8. The minimum atomic E-state index is -1.18. The maximum Gasteiger partial charge on any atom is 0.241 e. The summed E-state index contributed by atoms with van der Waals surface area (Å²) in [4.78, 5) is 47.6. The molecule has 1 aliphatic carbocycles. The fraction of sp³-hybridized carbons (Fsp3) is 0.333. The summed E-state index contributed by atoms with van der Waals surface area (Å²) in [5.74, 6) is -0.590. The van der Waals surface area contributed by atoms with Gasteiger partial charge in [0.05, 0.1) is 11.5 Å². The van der Waals surface area contributed by atoms with Crippen LogP contribution in [0, 0.1) is 0 Å². The molecule has 2 atom stereocenters. The molecule has 7 heteroatoms. The molecule has 0 spiro atoms. The summed E-state index contributed by atoms with van der Waals surface area (Å²) < 4.78 is 0. The molecule has 6 nitrogen and oxygen atoms in total. The average molecular weight is 474 g/mol. The van der Waals surface area contributed by atoms with Crippen LogP contribution in [0.5, 0.6) is 0 Å². The van der Waals surface area contributed by atoms with E-state index in [0.29, 0.717) is 0 Å². The van der Waals surface area contributed by atoms with Gasteiger partial charge in [0.15, 0.2) is 0 Å². The number of thiazole rings is 1. The van der Waals surface area contributed by atoms with Crippen molar-refractivity contribution in [2.75, 3.05) is 7.05 Å². The van der Waals surface area contributed by atoms with Crippen LogP contribution in [-0.2, 0) is 19.8 Å². The fourth-order valence-corrected chi connectivity index (χ4v) is 5.49. The molecule has 0 radical (unpaired) electrons. The van der Waals surface area contributed by atoms with Crippen LogP contribution in [0.2, 0.25) is 0 Å². The van der Waals surface area contributed by atoms with Crippen molar-refractivity contribution in [2.24, 2.45) is 0 Å². The first-order valence-corrected chi connectivity index (χ1v) is 12.5. The van der Waals surface area contributed by atoms with E-state index in [2.05, 4.69) is 4.98 Å². The van der Waals surface area contributed by atoms with Crippen molar-refractivity contribution in [2.45, 2.75) is 50.1 Å². The molecule has 174 valence electrons. The number of imide groups is 1. The van der Waals surface area contributed by atoms with E-state index in [1.54, 1.807) is 18.1 Å². The summed E-state index contributed by atoms with van der Waals surface area (Å²) in [6, 6.07) is 17.5. The van der Waals surface area contributed by atoms with E-state index in [9.17, 15) is 14.4 Å². The van der Waals surface area contributed by atoms with E-state index in [1.165, 1.54) is 16.2 Å². The third kappa shape index (κ3) is 3.94. The lowest BCUT2D eigenvalue weighted by Crippen LogP contribution is -2.43. The summed E-state index contributed by atoms with van der Waals surface area (Å²) >= 11 is 1.49. The van der Waals surface area contributed by atoms with Gasteiger partial charge in [0.25, 0.3) is 0 Å². The monoisotopic (exact) mass is 473 g/mol. The Balaban J connectivity index is 1.48. The quantitative estimate of drug-likeness (QED) is 0.471. The number of likely N-dealkylation sites (tertiary alicyclic amines) is 1. The van der Waals surface area contributed by atoms with Gasteiger partial charge in [-0.3, -0.25) is 19.3 Å². The lowest BCUT2D eigenvalue weighted by Gasteiger charge is -2.31. The molecule has 0 unspecified atom stereocenters. The molecular weight excluding hydrogens is 446 g/mol. The molecule has 34 heavy (non-hydrogen) atoms. The highest BCUT2D eigenvalue weighted by Gasteiger charge is 2.57. The van der Waals surface area contributed by atoms with Gasteiger partial charge in [-0.1, -0.05) is 54.6 Å². The molecule has 0 N–H and O–H groups in total. The first-order chi connectivity index (χ1) is 16.4. The molecule has 1 saturated heterocycles. The zero-order valence-electron chi connectivity index (χ0n) is 19.3. The molecular formula is C27H27N3O3S. The number of amides is 3. The van der Waals surface area contributed by atoms with Gasteiger partial charge in [-0.2, -0.15) is 0 Å². The first kappa shape index (κ1) is 22.5. The summed E-state index contributed by atoms with van der Waals surface area (Å²) in [6.45, 7) is 1.93. The number of carbonyl (C=O) groups excluding carboxylic acids is 3. The third-order valence-corrected chi connectivity index (χ3v) is 7.99. The molecule has 2 fully saturated rings. The van der Waals surface area contributed by atoms with E-state index < -0.39 is 5.41 Å². The smallest absolute Gasteiger partial charge is 0.241 e. The molecule has 2 aliphatic rings. The molecule has 3 amide bonds. The third-order valence-electron chi connectivity index (χ3n) is 7.04. The molecule has 1 saturated carbocycles. The zero-order chi connectivity index (χ0) is 23.9. The van der Waals surface area contributed by atoms with E-state index in [0.717, 1.165) is 34.5 Å². The van der Waals surface area contributed by atoms with Crippen LogP contribution < -0.4 is 0 Å². The predicted octanol–water partition coefficient (Wildman–Crippen LogP) is 4.58. The Morgan fingerprint density at radius 2 is 1.79 bits per heavy atom. The van der Waals surface area contributed by atoms with Crippen LogP contribution in [0.3, 0.4) is 0 Å². The van der Waals surface area contributed by atoms with Crippen LogP contribution in [0.25, 0.3) is 11.1 Å². The van der Waals surface area contributed by atoms with Gasteiger partial charge in [0.1, 0.15) is 5.01 Å². The van der Waals surface area contributed by atoms with Crippen LogP contribution in [0.15, 0.2) is 66.2 Å². The van der Waals surface area contributed by atoms with E-state index in [4.69, 9.17) is 0 Å². The van der Waals surface area contributed by atoms with Crippen molar-refractivity contribution in [1.82, 2.24) is 14.8 Å². The van der Waals surface area contributed by atoms with Gasteiger partial charge in [0.2, 0.25) is 17.7 Å². The normalized spacial score (nSPS) is 21.1. The van der Waals surface area contributed by atoms with Crippen molar-refractivity contribution in [3.05, 3.63) is 76.7 Å². The lowest BCUT2D eigenvalue weighted by molar-refractivity contribution is -0.143. The maximum atomic E-state index is 13.8. The highest BCUT2D eigenvalue weighted by molar-refractivity contribution is 7.09. The SMILES string of the molecule is C[C@@H](c1nccs1)N(C)C(=O)C[C@@]1(c2ccc(-c3ccccc3)cc2)CC(=O)N(C2CC2)C1=O. The molecule has 2 heterocycles. The van der Waals surface area contributed by atoms with Gasteiger partial charge in [-0.15, -0.1) is 11.3 Å². The second-order valence-corrected chi connectivity index (χ2v) is 10.2. The van der Waals surface area contributed by atoms with E-state index in [1.807, 2.05) is 66.9 Å². The van der Waals surface area contributed by atoms with Crippen molar-refractivity contribution in [1.29, 1.82) is 0 Å². The molecule has 1 aliphatic heterocycles. The Morgan fingerprint density at radius 3 is 2.41 bits per heavy atom. The Morgan fingerprint density at radius 1 is 1.12 bits per heavy atom. The standard InChI is InChI=1S/C27H27N3O3S/c1-18(25-28-14-15-34-25)29(2)23(31)16-27(17-24(32)30(26(27)33)22-12-13-22)21-10-8-20(9-11-21)19-6-4-3-5-7-19/h3-11,14-15,18,22H,12-13,16-17H2,1-2H3/t18-,27-/m0/s1. The molecule has 1 aromatic heterocycles. The summed E-state index contributed by atoms with van der Waals surface area (Å²) in [5, 5.41) is 2.72. The summed E-state index contributed by atoms with van der Waals surface area (Å²) in [5.41, 5.74) is 1.64. The van der Waals surface area contributed by atoms with Crippen LogP contribution in [0.4, 0.5) is 0 Å². The Labute approximate surface area is 203 Å². The molecule has 2 aromatic carbocycles. The second kappa shape index (κ2) is 8.80. The number of hydrogen-bond acceptors (Lipinski definition) is 5. The van der Waals surface area contributed by atoms with Crippen LogP contribution >= 0.6 is 11.3 Å². The van der Waals surface area contributed by atoms with Gasteiger partial charge in [-0.05, 0) is 36.5 Å². The number of carbonyl (C=O) groups is 3. The average Bonchev–Trinajstić information content (AvgIpc) is 3.46. The Hall–Kier alpha value is -3.32. The van der Waals surface area contributed by atoms with Gasteiger partial charge < -0.3 is 4.90 Å². The number of rotatable bonds is 7. The number of hydrogen-bond donors (Lipinski definition) is 0. The number of nitrogens with zero attached hydrogens (tertiary/aromatic N) is 3. The first-order valence-electron chi connectivity index (χ1n) is 11.6. The van der Waals surface area contributed by atoms with Gasteiger partial charge in [-0.25, -0.2) is 4.98 Å². The number of benzene rings is 2. The van der Waals surface area contributed by atoms with Gasteiger partial charge >= 0.3 is 0 Å². The summed E-state index contributed by atoms with van der Waals surface area (Å²) in [7, 11) is 1.74. The van der Waals surface area contributed by atoms with Crippen molar-refractivity contribution >= 4 is 29.1 Å². The van der Waals surface area contributed by atoms with Crippen LogP contribution in [0.1, 0.15) is 49.2 Å². The predicted molar refractivity (Wildman–Crippen MR) is 131 cm³/mol. The second-order valence-electron chi connectivity index (χ2n) is 9.23. The van der Waals surface area contributed by atoms with Crippen molar-refractivity contribution < 1.29 is 14.4 Å². The highest BCUT2D eigenvalue weighted by Crippen LogP contribution is 2.45. The highest BCUT2D eigenvalue weighted by atomic mass is 32.1. The minimum absolute atomic E-state index is 0.0208. The largest absolute Gasteiger partial charge is 0.337 e. The summed E-state index contributed by atoms with van der Waals surface area (Å²) in [6.07, 6.45) is 3.39. The lowest BCUT2D eigenvalue weighted by atomic mass is 9.75. The molecule has 3 aromatic rings. The zero-order valence-corrected chi connectivity index (χ0v) is 20.1. The number of aromatic nitrogens is 1. The van der Waals surface area contributed by atoms with Crippen LogP contribution in [-0.4, -0.2) is 45.6 Å². The van der Waals surface area contributed by atoms with E-state index >= 15 is 0 Å². The van der Waals surface area contributed by atoms with Crippen molar-refractivity contribution in [3.63, 3.8) is 0 Å². The fourth-order valence-electron chi connectivity index (χ4n) is 4.75.